The lowest BCUT2D eigenvalue weighted by molar-refractivity contribution is -0.126. The molecule has 0 spiro atoms. The Balaban J connectivity index is 1.19. The average molecular weight is 468 g/mol. The fraction of sp³-hybridized carbons (Fsp3) is 0.375. The van der Waals surface area contributed by atoms with Crippen LogP contribution in [0.15, 0.2) is 42.5 Å². The Morgan fingerprint density at radius 3 is 2.70 bits per heavy atom. The van der Waals surface area contributed by atoms with Crippen LogP contribution in [0.2, 0.25) is 0 Å². The van der Waals surface area contributed by atoms with Crippen LogP contribution in [0.3, 0.4) is 0 Å². The van der Waals surface area contributed by atoms with Crippen molar-refractivity contribution in [2.75, 3.05) is 25.1 Å². The van der Waals surface area contributed by atoms with E-state index >= 15 is 0 Å². The van der Waals surface area contributed by atoms with Gasteiger partial charge in [-0.25, -0.2) is 0 Å². The van der Waals surface area contributed by atoms with Crippen molar-refractivity contribution in [1.29, 1.82) is 0 Å². The lowest BCUT2D eigenvalue weighted by Crippen LogP contribution is -2.52. The highest BCUT2D eigenvalue weighted by Gasteiger charge is 2.57. The molecule has 2 unspecified atom stereocenters. The summed E-state index contributed by atoms with van der Waals surface area (Å²) >= 11 is 1.62. The van der Waals surface area contributed by atoms with Crippen LogP contribution in [0.4, 0.5) is 5.69 Å². The van der Waals surface area contributed by atoms with Crippen molar-refractivity contribution in [2.45, 2.75) is 36.4 Å². The summed E-state index contributed by atoms with van der Waals surface area (Å²) in [6.07, 6.45) is 0.109. The summed E-state index contributed by atoms with van der Waals surface area (Å²) in [4.78, 5) is 40.2. The topological polar surface area (TPSA) is 97.0 Å². The van der Waals surface area contributed by atoms with Gasteiger partial charge < -0.3 is 25.0 Å². The summed E-state index contributed by atoms with van der Waals surface area (Å²) in [5.74, 6) is 0.655. The van der Waals surface area contributed by atoms with Gasteiger partial charge in [-0.05, 0) is 37.6 Å². The number of hydrogen-bond donors (Lipinski definition) is 2. The molecule has 3 amide bonds. The van der Waals surface area contributed by atoms with Crippen molar-refractivity contribution < 1.29 is 23.9 Å². The van der Waals surface area contributed by atoms with E-state index in [4.69, 9.17) is 9.47 Å². The predicted molar refractivity (Wildman–Crippen MR) is 124 cm³/mol. The average Bonchev–Trinajstić information content (AvgIpc) is 3.22. The van der Waals surface area contributed by atoms with Gasteiger partial charge in [0.25, 0.3) is 5.91 Å². The van der Waals surface area contributed by atoms with Crippen molar-refractivity contribution in [3.63, 3.8) is 0 Å². The second-order valence-electron chi connectivity index (χ2n) is 8.72. The first-order valence-corrected chi connectivity index (χ1v) is 11.8. The molecular formula is C24H25N3O5S. The fourth-order valence-corrected chi connectivity index (χ4v) is 6.13. The molecule has 3 aliphatic heterocycles. The molecule has 0 saturated carbocycles. The minimum atomic E-state index is -0.617. The molecule has 1 fully saturated rings. The van der Waals surface area contributed by atoms with Crippen LogP contribution in [-0.4, -0.2) is 53.2 Å². The van der Waals surface area contributed by atoms with E-state index in [9.17, 15) is 14.4 Å². The second kappa shape index (κ2) is 8.30. The van der Waals surface area contributed by atoms with Crippen molar-refractivity contribution >= 4 is 35.2 Å². The first-order chi connectivity index (χ1) is 15.8. The molecule has 2 atom stereocenters. The zero-order valence-corrected chi connectivity index (χ0v) is 19.2. The minimum absolute atomic E-state index is 0.109. The number of nitrogens with zero attached hydrogens (tertiary/aromatic N) is 1. The molecule has 0 aromatic heterocycles. The number of carbonyl (C=O) groups excluding carboxylic acids is 3. The number of benzene rings is 2. The number of fused-ring (bicyclic) bond motifs is 4. The van der Waals surface area contributed by atoms with E-state index in [1.807, 2.05) is 32.0 Å². The van der Waals surface area contributed by atoms with Crippen LogP contribution in [0.5, 0.6) is 11.5 Å². The highest BCUT2D eigenvalue weighted by Crippen LogP contribution is 2.56. The molecule has 1 saturated heterocycles. The van der Waals surface area contributed by atoms with E-state index in [2.05, 4.69) is 10.6 Å². The van der Waals surface area contributed by atoms with Crippen molar-refractivity contribution in [1.82, 2.24) is 10.2 Å². The molecule has 172 valence electrons. The normalized spacial score (nSPS) is 21.9. The van der Waals surface area contributed by atoms with Crippen LogP contribution in [0.1, 0.15) is 41.6 Å². The van der Waals surface area contributed by atoms with Gasteiger partial charge in [0.05, 0.1) is 0 Å². The van der Waals surface area contributed by atoms with Gasteiger partial charge in [-0.2, -0.15) is 0 Å². The first-order valence-electron chi connectivity index (χ1n) is 10.9. The van der Waals surface area contributed by atoms with Gasteiger partial charge in [0, 0.05) is 35.0 Å². The number of thioether (sulfide) groups is 1. The zero-order chi connectivity index (χ0) is 23.2. The molecule has 9 heteroatoms. The summed E-state index contributed by atoms with van der Waals surface area (Å²) in [6.45, 7) is 5.10. The molecule has 2 aromatic rings. The van der Waals surface area contributed by atoms with Gasteiger partial charge in [-0.3, -0.25) is 14.4 Å². The molecule has 8 nitrogen and oxygen atoms in total. The van der Waals surface area contributed by atoms with Gasteiger partial charge in [0.2, 0.25) is 11.8 Å². The number of hydrogen-bond acceptors (Lipinski definition) is 6. The van der Waals surface area contributed by atoms with Gasteiger partial charge in [0.15, 0.2) is 11.5 Å². The van der Waals surface area contributed by atoms with Gasteiger partial charge in [0.1, 0.15) is 24.6 Å². The van der Waals surface area contributed by atoms with Crippen LogP contribution in [0, 0.1) is 0 Å². The van der Waals surface area contributed by atoms with E-state index in [0.29, 0.717) is 36.0 Å². The molecular weight excluding hydrogens is 442 g/mol. The Kier molecular flexibility index (Phi) is 5.44. The number of ether oxygens (including phenoxy) is 2. The quantitative estimate of drug-likeness (QED) is 0.702. The number of rotatable bonds is 5. The lowest BCUT2D eigenvalue weighted by Gasteiger charge is -2.29. The Labute approximate surface area is 196 Å². The summed E-state index contributed by atoms with van der Waals surface area (Å²) in [5.41, 5.74) is 2.21. The smallest absolute Gasteiger partial charge is 0.256 e. The first kappa shape index (κ1) is 21.6. The standard InChI is InChI=1S/C24H25N3O5S/c1-24(2)20(27-22(30)15-5-3-4-6-16(15)23(27)33-24)21(29)25-10-9-19(28)26-14-7-8-17-18(13-14)32-12-11-31-17/h3-8,13,20,23H,9-12H2,1-2H3,(H,25,29)(H,26,28). The maximum absolute atomic E-state index is 13.1. The highest BCUT2D eigenvalue weighted by atomic mass is 32.2. The van der Waals surface area contributed by atoms with Gasteiger partial charge in [-0.15, -0.1) is 11.8 Å². The third-order valence-corrected chi connectivity index (χ3v) is 7.56. The summed E-state index contributed by atoms with van der Waals surface area (Å²) in [6, 6.07) is 12.1. The van der Waals surface area contributed by atoms with Crippen molar-refractivity contribution in [3.8, 4) is 11.5 Å². The lowest BCUT2D eigenvalue weighted by atomic mass is 10.0. The van der Waals surface area contributed by atoms with Gasteiger partial charge >= 0.3 is 0 Å². The van der Waals surface area contributed by atoms with E-state index in [1.54, 1.807) is 40.9 Å². The molecule has 2 N–H and O–H groups in total. The van der Waals surface area contributed by atoms with Crippen molar-refractivity contribution in [3.05, 3.63) is 53.6 Å². The molecule has 3 aliphatic rings. The van der Waals surface area contributed by atoms with Crippen LogP contribution in [-0.2, 0) is 9.59 Å². The fourth-order valence-electron chi connectivity index (χ4n) is 4.55. The van der Waals surface area contributed by atoms with E-state index in [-0.39, 0.29) is 36.1 Å². The summed E-state index contributed by atoms with van der Waals surface area (Å²) in [5, 5.41) is 5.50. The molecule has 5 rings (SSSR count). The zero-order valence-electron chi connectivity index (χ0n) is 18.4. The summed E-state index contributed by atoms with van der Waals surface area (Å²) in [7, 11) is 0. The molecule has 0 bridgehead atoms. The predicted octanol–water partition coefficient (Wildman–Crippen LogP) is 2.95. The minimum Gasteiger partial charge on any atom is -0.486 e. The Hall–Kier alpha value is -3.20. The molecule has 0 radical (unpaired) electrons. The van der Waals surface area contributed by atoms with Crippen LogP contribution < -0.4 is 20.1 Å². The number of carbonyl (C=O) groups is 3. The summed E-state index contributed by atoms with van der Waals surface area (Å²) < 4.78 is 10.6. The SMILES string of the molecule is CC1(C)SC2c3ccccc3C(=O)N2C1C(=O)NCCC(=O)Nc1ccc2c(c1)OCCO2. The number of amides is 3. The van der Waals surface area contributed by atoms with E-state index in [1.165, 1.54) is 0 Å². The molecule has 3 heterocycles. The Morgan fingerprint density at radius 2 is 1.88 bits per heavy atom. The highest BCUT2D eigenvalue weighted by molar-refractivity contribution is 8.01. The maximum atomic E-state index is 13.1. The third-order valence-electron chi connectivity index (χ3n) is 6.02. The molecule has 0 aliphatic carbocycles. The Bertz CT molecular complexity index is 1130. The Morgan fingerprint density at radius 1 is 1.12 bits per heavy atom. The molecule has 2 aromatic carbocycles. The second-order valence-corrected chi connectivity index (χ2v) is 10.5. The largest absolute Gasteiger partial charge is 0.486 e. The number of nitrogens with one attached hydrogen (secondary N) is 2. The monoisotopic (exact) mass is 467 g/mol. The van der Waals surface area contributed by atoms with E-state index < -0.39 is 10.8 Å². The van der Waals surface area contributed by atoms with E-state index in [0.717, 1.165) is 5.56 Å². The van der Waals surface area contributed by atoms with Crippen molar-refractivity contribution in [2.24, 2.45) is 0 Å². The third kappa shape index (κ3) is 3.90. The van der Waals surface area contributed by atoms with Crippen LogP contribution in [0.25, 0.3) is 0 Å². The number of anilines is 1. The van der Waals surface area contributed by atoms with Crippen LogP contribution >= 0.6 is 11.8 Å². The maximum Gasteiger partial charge on any atom is 0.256 e. The molecule has 33 heavy (non-hydrogen) atoms. The van der Waals surface area contributed by atoms with Gasteiger partial charge in [-0.1, -0.05) is 18.2 Å².